The van der Waals surface area contributed by atoms with Crippen molar-refractivity contribution in [2.24, 2.45) is 7.05 Å². The maximum atomic E-state index is 11.4. The lowest BCUT2D eigenvalue weighted by atomic mass is 10.3. The molecule has 1 atom stereocenters. The van der Waals surface area contributed by atoms with Crippen molar-refractivity contribution in [3.8, 4) is 0 Å². The van der Waals surface area contributed by atoms with Crippen LogP contribution in [0.2, 0.25) is 0 Å². The molecule has 0 radical (unpaired) electrons. The summed E-state index contributed by atoms with van der Waals surface area (Å²) in [7, 11) is 3.16. The molecule has 0 spiro atoms. The van der Waals surface area contributed by atoms with Crippen molar-refractivity contribution in [1.29, 1.82) is 0 Å². The third kappa shape index (κ3) is 2.08. The number of ether oxygens (including phenoxy) is 2. The molecule has 0 amide bonds. The first-order chi connectivity index (χ1) is 6.70. The zero-order valence-corrected chi connectivity index (χ0v) is 8.43. The number of rotatable bonds is 4. The van der Waals surface area contributed by atoms with Crippen LogP contribution >= 0.6 is 0 Å². The lowest BCUT2D eigenvalue weighted by Gasteiger charge is -2.12. The summed E-state index contributed by atoms with van der Waals surface area (Å²) in [6.07, 6.45) is 0.697. The molecule has 0 aromatic carbocycles. The smallest absolute Gasteiger partial charge is 0.343 e. The second-order valence-corrected chi connectivity index (χ2v) is 2.67. The van der Waals surface area contributed by atoms with Gasteiger partial charge in [-0.1, -0.05) is 0 Å². The summed E-state index contributed by atoms with van der Waals surface area (Å²) in [5, 5.41) is 7.44. The monoisotopic (exact) mass is 199 g/mol. The topological polar surface area (TPSA) is 66.2 Å². The normalized spacial score (nSPS) is 12.5. The van der Waals surface area contributed by atoms with Crippen LogP contribution in [0.5, 0.6) is 0 Å². The van der Waals surface area contributed by atoms with Crippen molar-refractivity contribution in [3.63, 3.8) is 0 Å². The van der Waals surface area contributed by atoms with Crippen molar-refractivity contribution >= 4 is 5.97 Å². The molecule has 1 aromatic rings. The predicted molar refractivity (Wildman–Crippen MR) is 47.4 cm³/mol. The predicted octanol–water partition coefficient (Wildman–Crippen LogP) is 0.0657. The summed E-state index contributed by atoms with van der Waals surface area (Å²) in [5.41, 5.74) is 0. The number of esters is 1. The fourth-order valence-corrected chi connectivity index (χ4v) is 1.05. The first-order valence-corrected chi connectivity index (χ1v) is 4.24. The third-order valence-electron chi connectivity index (χ3n) is 1.72. The van der Waals surface area contributed by atoms with E-state index in [2.05, 4.69) is 10.2 Å². The molecule has 0 fully saturated rings. The zero-order chi connectivity index (χ0) is 10.6. The minimum atomic E-state index is -0.803. The Kier molecular flexibility index (Phi) is 3.58. The number of nitrogens with zero attached hydrogens (tertiary/aromatic N) is 3. The highest BCUT2D eigenvalue weighted by atomic mass is 16.6. The first kappa shape index (κ1) is 10.6. The summed E-state index contributed by atoms with van der Waals surface area (Å²) in [6.45, 7) is 2.05. The Morgan fingerprint density at radius 3 is 2.86 bits per heavy atom. The van der Waals surface area contributed by atoms with E-state index in [1.54, 1.807) is 18.5 Å². The van der Waals surface area contributed by atoms with Gasteiger partial charge in [0.15, 0.2) is 5.82 Å². The van der Waals surface area contributed by atoms with E-state index >= 15 is 0 Å². The molecule has 78 valence electrons. The zero-order valence-electron chi connectivity index (χ0n) is 8.43. The molecule has 1 rings (SSSR count). The summed E-state index contributed by atoms with van der Waals surface area (Å²) in [6, 6.07) is 0. The molecular formula is C8H13N3O3. The van der Waals surface area contributed by atoms with Gasteiger partial charge in [0.25, 0.3) is 0 Å². The summed E-state index contributed by atoms with van der Waals surface area (Å²) in [5.74, 6) is -0.0166. The molecule has 0 N–H and O–H groups in total. The van der Waals surface area contributed by atoms with Gasteiger partial charge in [-0.15, -0.1) is 10.2 Å². The van der Waals surface area contributed by atoms with Gasteiger partial charge in [0.05, 0.1) is 6.61 Å². The molecule has 14 heavy (non-hydrogen) atoms. The summed E-state index contributed by atoms with van der Waals surface area (Å²) >= 11 is 0. The third-order valence-corrected chi connectivity index (χ3v) is 1.72. The summed E-state index contributed by atoms with van der Waals surface area (Å²) in [4.78, 5) is 11.4. The SMILES string of the molecule is CCOC(=O)C(OC)c1nncn1C. The largest absolute Gasteiger partial charge is 0.464 e. The van der Waals surface area contributed by atoms with E-state index in [9.17, 15) is 4.79 Å². The highest BCUT2D eigenvalue weighted by Gasteiger charge is 2.25. The molecule has 1 unspecified atom stereocenters. The highest BCUT2D eigenvalue weighted by molar-refractivity contribution is 5.75. The van der Waals surface area contributed by atoms with Gasteiger partial charge in [0, 0.05) is 14.2 Å². The van der Waals surface area contributed by atoms with Gasteiger partial charge in [-0.25, -0.2) is 4.79 Å². The highest BCUT2D eigenvalue weighted by Crippen LogP contribution is 2.14. The van der Waals surface area contributed by atoms with Crippen molar-refractivity contribution < 1.29 is 14.3 Å². The van der Waals surface area contributed by atoms with Crippen LogP contribution in [-0.4, -0.2) is 34.5 Å². The van der Waals surface area contributed by atoms with E-state index in [-0.39, 0.29) is 0 Å². The number of methoxy groups -OCH3 is 1. The van der Waals surface area contributed by atoms with Crippen LogP contribution in [0, 0.1) is 0 Å². The molecule has 0 saturated heterocycles. The van der Waals surface area contributed by atoms with Gasteiger partial charge >= 0.3 is 5.97 Å². The van der Waals surface area contributed by atoms with Crippen molar-refractivity contribution in [2.45, 2.75) is 13.0 Å². The molecule has 0 aliphatic heterocycles. The van der Waals surface area contributed by atoms with Crippen LogP contribution < -0.4 is 0 Å². The molecule has 6 nitrogen and oxygen atoms in total. The van der Waals surface area contributed by atoms with Crippen LogP contribution in [0.25, 0.3) is 0 Å². The average Bonchev–Trinajstić information content (AvgIpc) is 2.54. The molecule has 0 aliphatic carbocycles. The first-order valence-electron chi connectivity index (χ1n) is 4.24. The molecule has 0 aliphatic rings. The standard InChI is InChI=1S/C8H13N3O3/c1-4-14-8(12)6(13-3)7-10-9-5-11(7)2/h5-6H,4H2,1-3H3. The van der Waals surface area contributed by atoms with Crippen LogP contribution in [0.4, 0.5) is 0 Å². The minimum absolute atomic E-state index is 0.316. The Hall–Kier alpha value is -1.43. The van der Waals surface area contributed by atoms with Crippen LogP contribution in [0.3, 0.4) is 0 Å². The van der Waals surface area contributed by atoms with Crippen molar-refractivity contribution in [2.75, 3.05) is 13.7 Å². The second-order valence-electron chi connectivity index (χ2n) is 2.67. The Morgan fingerprint density at radius 1 is 1.71 bits per heavy atom. The number of aromatic nitrogens is 3. The van der Waals surface area contributed by atoms with E-state index in [1.165, 1.54) is 13.4 Å². The van der Waals surface area contributed by atoms with Crippen LogP contribution in [0.1, 0.15) is 18.9 Å². The maximum absolute atomic E-state index is 11.4. The average molecular weight is 199 g/mol. The fraction of sp³-hybridized carbons (Fsp3) is 0.625. The van der Waals surface area contributed by atoms with Gasteiger partial charge in [0.1, 0.15) is 6.33 Å². The second kappa shape index (κ2) is 4.71. The molecule has 0 saturated carbocycles. The van der Waals surface area contributed by atoms with Gasteiger partial charge in [-0.3, -0.25) is 0 Å². The van der Waals surface area contributed by atoms with E-state index < -0.39 is 12.1 Å². The van der Waals surface area contributed by atoms with E-state index in [1.807, 2.05) is 0 Å². The molecule has 6 heteroatoms. The summed E-state index contributed by atoms with van der Waals surface area (Å²) < 4.78 is 11.4. The van der Waals surface area contributed by atoms with Gasteiger partial charge in [0.2, 0.25) is 6.10 Å². The number of carbonyl (C=O) groups is 1. The van der Waals surface area contributed by atoms with E-state index in [0.29, 0.717) is 12.4 Å². The van der Waals surface area contributed by atoms with Gasteiger partial charge in [-0.2, -0.15) is 0 Å². The molecule has 1 aromatic heterocycles. The number of hydrogen-bond acceptors (Lipinski definition) is 5. The van der Waals surface area contributed by atoms with Gasteiger partial charge < -0.3 is 14.0 Å². The quantitative estimate of drug-likeness (QED) is 0.642. The fourth-order valence-electron chi connectivity index (χ4n) is 1.05. The van der Waals surface area contributed by atoms with Crippen LogP contribution in [0.15, 0.2) is 6.33 Å². The maximum Gasteiger partial charge on any atom is 0.343 e. The Labute approximate surface area is 81.8 Å². The van der Waals surface area contributed by atoms with Crippen molar-refractivity contribution in [3.05, 3.63) is 12.2 Å². The lowest BCUT2D eigenvalue weighted by molar-refractivity contribution is -0.156. The Morgan fingerprint density at radius 2 is 2.43 bits per heavy atom. The molecule has 0 bridgehead atoms. The molecular weight excluding hydrogens is 186 g/mol. The number of hydrogen-bond donors (Lipinski definition) is 0. The number of carbonyl (C=O) groups excluding carboxylic acids is 1. The number of aryl methyl sites for hydroxylation is 1. The van der Waals surface area contributed by atoms with Crippen LogP contribution in [-0.2, 0) is 21.3 Å². The molecule has 1 heterocycles. The lowest BCUT2D eigenvalue weighted by Crippen LogP contribution is -2.20. The Balaban J connectivity index is 2.82. The van der Waals surface area contributed by atoms with Crippen molar-refractivity contribution in [1.82, 2.24) is 14.8 Å². The minimum Gasteiger partial charge on any atom is -0.464 e. The van der Waals surface area contributed by atoms with Gasteiger partial charge in [-0.05, 0) is 6.92 Å². The van der Waals surface area contributed by atoms with E-state index in [0.717, 1.165) is 0 Å². The van der Waals surface area contributed by atoms with E-state index in [4.69, 9.17) is 9.47 Å². The Bertz CT molecular complexity index is 311.